The molecule has 2 aliphatic rings. The van der Waals surface area contributed by atoms with Crippen LogP contribution in [0.5, 0.6) is 0 Å². The molecule has 8 nitrogen and oxygen atoms in total. The van der Waals surface area contributed by atoms with E-state index in [1.165, 1.54) is 0 Å². The van der Waals surface area contributed by atoms with Gasteiger partial charge < -0.3 is 26.2 Å². The molecule has 2 saturated heterocycles. The lowest BCUT2D eigenvalue weighted by Gasteiger charge is -2.41. The number of urea groups is 1. The van der Waals surface area contributed by atoms with Crippen LogP contribution in [0.2, 0.25) is 0 Å². The zero-order valence-corrected chi connectivity index (χ0v) is 14.4. The molecule has 0 bridgehead atoms. The molecule has 4 N–H and O–H groups in total. The van der Waals surface area contributed by atoms with Gasteiger partial charge in [-0.05, 0) is 19.3 Å². The molecular weight excluding hydrogens is 310 g/mol. The highest BCUT2D eigenvalue weighted by Gasteiger charge is 2.33. The van der Waals surface area contributed by atoms with Crippen LogP contribution in [-0.4, -0.2) is 72.5 Å². The Hall–Kier alpha value is -1.83. The average molecular weight is 339 g/mol. The molecule has 4 amide bonds. The monoisotopic (exact) mass is 339 g/mol. The number of amides is 4. The summed E-state index contributed by atoms with van der Waals surface area (Å²) in [5.74, 6) is 0.00729. The van der Waals surface area contributed by atoms with Crippen LogP contribution in [0.3, 0.4) is 0 Å². The van der Waals surface area contributed by atoms with Gasteiger partial charge in [0.25, 0.3) is 0 Å². The van der Waals surface area contributed by atoms with Crippen molar-refractivity contribution in [3.05, 3.63) is 0 Å². The van der Waals surface area contributed by atoms with Gasteiger partial charge in [-0.1, -0.05) is 19.8 Å². The molecule has 2 unspecified atom stereocenters. The van der Waals surface area contributed by atoms with Crippen molar-refractivity contribution in [1.82, 2.24) is 20.4 Å². The van der Waals surface area contributed by atoms with Gasteiger partial charge in [-0.3, -0.25) is 9.59 Å². The fourth-order valence-corrected chi connectivity index (χ4v) is 3.47. The number of carbonyl (C=O) groups excluding carboxylic acids is 3. The third-order valence-corrected chi connectivity index (χ3v) is 4.74. The molecule has 0 aromatic heterocycles. The Labute approximate surface area is 143 Å². The minimum absolute atomic E-state index is 0.0673. The summed E-state index contributed by atoms with van der Waals surface area (Å²) in [6.45, 7) is 5.08. The number of carbonyl (C=O) groups is 3. The first kappa shape index (κ1) is 18.5. The van der Waals surface area contributed by atoms with E-state index in [9.17, 15) is 14.4 Å². The van der Waals surface area contributed by atoms with Crippen LogP contribution in [-0.2, 0) is 9.59 Å². The first-order valence-electron chi connectivity index (χ1n) is 8.88. The zero-order valence-electron chi connectivity index (χ0n) is 14.4. The smallest absolute Gasteiger partial charge is 0.312 e. The largest absolute Gasteiger partial charge is 0.352 e. The number of hydrogen-bond donors (Lipinski definition) is 3. The highest BCUT2D eigenvalue weighted by Crippen LogP contribution is 2.18. The topological polar surface area (TPSA) is 108 Å². The number of hydrogen-bond acceptors (Lipinski definition) is 4. The van der Waals surface area contributed by atoms with Crippen molar-refractivity contribution in [1.29, 1.82) is 0 Å². The normalized spacial score (nSPS) is 23.0. The number of primary amides is 1. The Bertz CT molecular complexity index is 471. The van der Waals surface area contributed by atoms with Gasteiger partial charge in [0.05, 0.1) is 6.54 Å². The van der Waals surface area contributed by atoms with Gasteiger partial charge in [0, 0.05) is 32.2 Å². The summed E-state index contributed by atoms with van der Waals surface area (Å²) >= 11 is 0. The van der Waals surface area contributed by atoms with Crippen molar-refractivity contribution >= 4 is 17.8 Å². The lowest BCUT2D eigenvalue weighted by Crippen LogP contribution is -2.59. The Balaban J connectivity index is 1.99. The number of piperazine rings is 1. The molecule has 2 atom stereocenters. The van der Waals surface area contributed by atoms with Crippen LogP contribution in [0.4, 0.5) is 4.79 Å². The molecule has 0 saturated carbocycles. The van der Waals surface area contributed by atoms with Crippen molar-refractivity contribution in [2.45, 2.75) is 51.1 Å². The van der Waals surface area contributed by atoms with Crippen molar-refractivity contribution in [3.8, 4) is 0 Å². The van der Waals surface area contributed by atoms with Crippen molar-refractivity contribution in [2.24, 2.45) is 5.73 Å². The minimum atomic E-state index is -0.671. The molecule has 2 rings (SSSR count). The van der Waals surface area contributed by atoms with E-state index in [0.29, 0.717) is 32.6 Å². The highest BCUT2D eigenvalue weighted by molar-refractivity contribution is 5.86. The predicted molar refractivity (Wildman–Crippen MR) is 90.2 cm³/mol. The Kier molecular flexibility index (Phi) is 6.84. The van der Waals surface area contributed by atoms with Gasteiger partial charge in [0.2, 0.25) is 11.8 Å². The van der Waals surface area contributed by atoms with E-state index < -0.39 is 12.1 Å². The van der Waals surface area contributed by atoms with Gasteiger partial charge in [-0.15, -0.1) is 0 Å². The van der Waals surface area contributed by atoms with Crippen molar-refractivity contribution in [3.63, 3.8) is 0 Å². The third-order valence-electron chi connectivity index (χ3n) is 4.74. The summed E-state index contributed by atoms with van der Waals surface area (Å²) in [6.07, 6.45) is 4.17. The third kappa shape index (κ3) is 4.83. The van der Waals surface area contributed by atoms with Gasteiger partial charge in [0.1, 0.15) is 6.04 Å². The number of nitrogens with two attached hydrogens (primary N) is 1. The summed E-state index contributed by atoms with van der Waals surface area (Å²) < 4.78 is 0. The summed E-state index contributed by atoms with van der Waals surface area (Å²) in [5.41, 5.74) is 5.21. The number of piperidine rings is 1. The molecular formula is C16H29N5O3. The Morgan fingerprint density at radius 1 is 1.42 bits per heavy atom. The summed E-state index contributed by atoms with van der Waals surface area (Å²) in [7, 11) is 0. The maximum absolute atomic E-state index is 12.8. The second-order valence-electron chi connectivity index (χ2n) is 6.55. The van der Waals surface area contributed by atoms with Crippen LogP contribution < -0.4 is 16.4 Å². The molecule has 0 spiro atoms. The molecule has 2 heterocycles. The molecule has 136 valence electrons. The second-order valence-corrected chi connectivity index (χ2v) is 6.55. The second kappa shape index (κ2) is 8.86. The Morgan fingerprint density at radius 2 is 2.21 bits per heavy atom. The van der Waals surface area contributed by atoms with Crippen LogP contribution >= 0.6 is 0 Å². The Morgan fingerprint density at radius 3 is 2.88 bits per heavy atom. The molecule has 0 aromatic carbocycles. The molecule has 2 fully saturated rings. The molecule has 8 heteroatoms. The lowest BCUT2D eigenvalue weighted by molar-refractivity contribution is -0.141. The molecule has 0 radical (unpaired) electrons. The predicted octanol–water partition coefficient (Wildman–Crippen LogP) is -0.364. The van der Waals surface area contributed by atoms with E-state index in [1.807, 2.05) is 11.8 Å². The minimum Gasteiger partial charge on any atom is -0.352 e. The van der Waals surface area contributed by atoms with Crippen molar-refractivity contribution < 1.29 is 14.4 Å². The first-order valence-corrected chi connectivity index (χ1v) is 8.88. The fraction of sp³-hybridized carbons (Fsp3) is 0.812. The van der Waals surface area contributed by atoms with E-state index in [-0.39, 0.29) is 17.9 Å². The zero-order chi connectivity index (χ0) is 17.5. The molecule has 2 aliphatic heterocycles. The fourth-order valence-electron chi connectivity index (χ4n) is 3.47. The van der Waals surface area contributed by atoms with Gasteiger partial charge >= 0.3 is 6.03 Å². The summed E-state index contributed by atoms with van der Waals surface area (Å²) in [6, 6.07) is -1.17. The van der Waals surface area contributed by atoms with Gasteiger partial charge in [-0.2, -0.15) is 0 Å². The SMILES string of the molecule is CCCCC(NC(N)=O)C(=O)N1CCCC(N2CCNCC2=O)C1. The van der Waals surface area contributed by atoms with Crippen molar-refractivity contribution in [2.75, 3.05) is 32.7 Å². The van der Waals surface area contributed by atoms with E-state index in [4.69, 9.17) is 5.73 Å². The van der Waals surface area contributed by atoms with Crippen LogP contribution in [0.1, 0.15) is 39.0 Å². The van der Waals surface area contributed by atoms with E-state index in [0.717, 1.165) is 32.2 Å². The summed E-state index contributed by atoms with van der Waals surface area (Å²) in [5, 5.41) is 5.64. The maximum Gasteiger partial charge on any atom is 0.312 e. The highest BCUT2D eigenvalue weighted by atomic mass is 16.2. The van der Waals surface area contributed by atoms with Crippen LogP contribution in [0.25, 0.3) is 0 Å². The molecule has 24 heavy (non-hydrogen) atoms. The quantitative estimate of drug-likeness (QED) is 0.614. The standard InChI is InChI=1S/C16H29N5O3/c1-2-3-6-13(19-16(17)24)15(23)20-8-4-5-12(11-20)21-9-7-18-10-14(21)22/h12-13,18H,2-11H2,1H3,(H3,17,19,24). The van der Waals surface area contributed by atoms with E-state index >= 15 is 0 Å². The number of likely N-dealkylation sites (tertiary alicyclic amines) is 1. The summed E-state index contributed by atoms with van der Waals surface area (Å²) in [4.78, 5) is 39.7. The van der Waals surface area contributed by atoms with Crippen LogP contribution in [0.15, 0.2) is 0 Å². The number of unbranched alkanes of at least 4 members (excludes halogenated alkanes) is 1. The molecule has 0 aliphatic carbocycles. The number of nitrogens with one attached hydrogen (secondary N) is 2. The van der Waals surface area contributed by atoms with Crippen LogP contribution in [0, 0.1) is 0 Å². The number of nitrogens with zero attached hydrogens (tertiary/aromatic N) is 2. The maximum atomic E-state index is 12.8. The molecule has 0 aromatic rings. The van der Waals surface area contributed by atoms with E-state index in [1.54, 1.807) is 4.90 Å². The average Bonchev–Trinajstić information content (AvgIpc) is 2.58. The first-order chi connectivity index (χ1) is 11.5. The lowest BCUT2D eigenvalue weighted by atomic mass is 10.0. The number of rotatable bonds is 6. The van der Waals surface area contributed by atoms with Gasteiger partial charge in [-0.25, -0.2) is 4.79 Å². The van der Waals surface area contributed by atoms with Gasteiger partial charge in [0.15, 0.2) is 0 Å². The van der Waals surface area contributed by atoms with E-state index in [2.05, 4.69) is 10.6 Å².